The highest BCUT2D eigenvalue weighted by Crippen LogP contribution is 2.17. The number of rotatable bonds is 3. The van der Waals surface area contributed by atoms with Gasteiger partial charge < -0.3 is 4.90 Å². The van der Waals surface area contributed by atoms with Gasteiger partial charge in [-0.3, -0.25) is 4.79 Å². The van der Waals surface area contributed by atoms with Gasteiger partial charge in [0.1, 0.15) is 0 Å². The average molecular weight is 175 g/mol. The van der Waals surface area contributed by atoms with Gasteiger partial charge >= 0.3 is 0 Å². The van der Waals surface area contributed by atoms with Crippen LogP contribution in [0.15, 0.2) is 30.8 Å². The zero-order chi connectivity index (χ0) is 9.84. The molecule has 0 saturated carbocycles. The highest BCUT2D eigenvalue weighted by molar-refractivity contribution is 5.84. The molecule has 0 amide bonds. The first kappa shape index (κ1) is 9.52. The number of hydrogen-bond donors (Lipinski definition) is 0. The Morgan fingerprint density at radius 1 is 1.38 bits per heavy atom. The normalized spacial score (nSPS) is 9.38. The molecule has 68 valence electrons. The zero-order valence-electron chi connectivity index (χ0n) is 7.95. The van der Waals surface area contributed by atoms with Crippen LogP contribution < -0.4 is 0 Å². The van der Waals surface area contributed by atoms with E-state index >= 15 is 0 Å². The van der Waals surface area contributed by atoms with E-state index in [4.69, 9.17) is 0 Å². The molecule has 1 aromatic carbocycles. The fourth-order valence-electron chi connectivity index (χ4n) is 1.10. The summed E-state index contributed by atoms with van der Waals surface area (Å²) < 4.78 is 0. The monoisotopic (exact) mass is 175 g/mol. The second kappa shape index (κ2) is 3.90. The second-order valence-electron chi connectivity index (χ2n) is 3.05. The van der Waals surface area contributed by atoms with E-state index in [2.05, 4.69) is 6.58 Å². The van der Waals surface area contributed by atoms with E-state index < -0.39 is 0 Å². The van der Waals surface area contributed by atoms with E-state index in [0.29, 0.717) is 5.56 Å². The number of carbonyl (C=O) groups excluding carboxylic acids is 1. The molecule has 0 N–H and O–H groups in total. The standard InChI is InChI=1S/C11H13NO/c1-9(12(2)3)11-7-5-4-6-10(11)8-13/h4-8H,1H2,2-3H3. The van der Waals surface area contributed by atoms with Crippen molar-refractivity contribution in [1.29, 1.82) is 0 Å². The third-order valence-corrected chi connectivity index (χ3v) is 1.94. The van der Waals surface area contributed by atoms with Crippen LogP contribution in [0.1, 0.15) is 15.9 Å². The summed E-state index contributed by atoms with van der Waals surface area (Å²) in [5.74, 6) is 0. The van der Waals surface area contributed by atoms with Gasteiger partial charge in [0, 0.05) is 30.9 Å². The Morgan fingerprint density at radius 2 is 2.00 bits per heavy atom. The number of hydrogen-bond acceptors (Lipinski definition) is 2. The average Bonchev–Trinajstić information content (AvgIpc) is 2.16. The molecule has 1 aromatic rings. The van der Waals surface area contributed by atoms with Crippen molar-refractivity contribution in [2.24, 2.45) is 0 Å². The molecule has 0 bridgehead atoms. The first-order chi connectivity index (χ1) is 6.16. The Bertz CT molecular complexity index is 329. The van der Waals surface area contributed by atoms with Gasteiger partial charge in [-0.1, -0.05) is 30.8 Å². The van der Waals surface area contributed by atoms with Crippen molar-refractivity contribution in [3.05, 3.63) is 42.0 Å². The van der Waals surface area contributed by atoms with Crippen LogP contribution >= 0.6 is 0 Å². The Morgan fingerprint density at radius 3 is 2.54 bits per heavy atom. The summed E-state index contributed by atoms with van der Waals surface area (Å²) in [6, 6.07) is 7.43. The Labute approximate surface area is 78.5 Å². The fraction of sp³-hybridized carbons (Fsp3) is 0.182. The van der Waals surface area contributed by atoms with E-state index in [1.54, 1.807) is 6.07 Å². The molecule has 0 aromatic heterocycles. The first-order valence-electron chi connectivity index (χ1n) is 4.07. The molecule has 0 spiro atoms. The molecule has 0 unspecified atom stereocenters. The molecule has 0 aliphatic carbocycles. The summed E-state index contributed by atoms with van der Waals surface area (Å²) in [5.41, 5.74) is 2.42. The van der Waals surface area contributed by atoms with Gasteiger partial charge in [0.2, 0.25) is 0 Å². The van der Waals surface area contributed by atoms with Crippen molar-refractivity contribution < 1.29 is 4.79 Å². The highest BCUT2D eigenvalue weighted by Gasteiger charge is 2.05. The Balaban J connectivity index is 3.13. The van der Waals surface area contributed by atoms with E-state index in [9.17, 15) is 4.79 Å². The molecule has 2 nitrogen and oxygen atoms in total. The van der Waals surface area contributed by atoms with Gasteiger partial charge in [-0.2, -0.15) is 0 Å². The molecule has 0 heterocycles. The predicted octanol–water partition coefficient (Wildman–Crippen LogP) is 2.03. The third-order valence-electron chi connectivity index (χ3n) is 1.94. The summed E-state index contributed by atoms with van der Waals surface area (Å²) in [5, 5.41) is 0. The van der Waals surface area contributed by atoms with Gasteiger partial charge in [0.05, 0.1) is 0 Å². The quantitative estimate of drug-likeness (QED) is 0.655. The van der Waals surface area contributed by atoms with Gasteiger partial charge in [-0.25, -0.2) is 0 Å². The topological polar surface area (TPSA) is 20.3 Å². The van der Waals surface area contributed by atoms with Crippen LogP contribution in [0.2, 0.25) is 0 Å². The minimum Gasteiger partial charge on any atom is -0.378 e. The molecular weight excluding hydrogens is 162 g/mol. The molecule has 0 atom stereocenters. The van der Waals surface area contributed by atoms with Crippen LogP contribution in [0.4, 0.5) is 0 Å². The molecule has 0 radical (unpaired) electrons. The molecule has 2 heteroatoms. The van der Waals surface area contributed by atoms with Gasteiger partial charge in [0.25, 0.3) is 0 Å². The van der Waals surface area contributed by atoms with Crippen molar-refractivity contribution in [3.63, 3.8) is 0 Å². The number of aldehydes is 1. The van der Waals surface area contributed by atoms with Crippen LogP contribution in [-0.4, -0.2) is 25.3 Å². The van der Waals surface area contributed by atoms with Crippen molar-refractivity contribution in [2.45, 2.75) is 0 Å². The maximum absolute atomic E-state index is 10.7. The summed E-state index contributed by atoms with van der Waals surface area (Å²) in [4.78, 5) is 12.6. The van der Waals surface area contributed by atoms with Crippen LogP contribution in [0.25, 0.3) is 5.70 Å². The highest BCUT2D eigenvalue weighted by atomic mass is 16.1. The molecule has 0 aliphatic heterocycles. The first-order valence-corrected chi connectivity index (χ1v) is 4.07. The molecule has 1 rings (SSSR count). The number of benzene rings is 1. The fourth-order valence-corrected chi connectivity index (χ4v) is 1.10. The van der Waals surface area contributed by atoms with Crippen LogP contribution in [0, 0.1) is 0 Å². The zero-order valence-corrected chi connectivity index (χ0v) is 7.95. The maximum atomic E-state index is 10.7. The Kier molecular flexibility index (Phi) is 2.85. The van der Waals surface area contributed by atoms with E-state index in [1.807, 2.05) is 37.2 Å². The second-order valence-corrected chi connectivity index (χ2v) is 3.05. The van der Waals surface area contributed by atoms with Gasteiger partial charge in [-0.05, 0) is 0 Å². The minimum atomic E-state index is 0.682. The number of nitrogens with zero attached hydrogens (tertiary/aromatic N) is 1. The van der Waals surface area contributed by atoms with E-state index in [-0.39, 0.29) is 0 Å². The predicted molar refractivity (Wildman–Crippen MR) is 54.6 cm³/mol. The smallest absolute Gasteiger partial charge is 0.150 e. The third kappa shape index (κ3) is 1.96. The summed E-state index contributed by atoms with van der Waals surface area (Å²) in [7, 11) is 3.81. The lowest BCUT2D eigenvalue weighted by atomic mass is 10.1. The van der Waals surface area contributed by atoms with Crippen molar-refractivity contribution >= 4 is 12.0 Å². The number of carbonyl (C=O) groups is 1. The van der Waals surface area contributed by atoms with E-state index in [0.717, 1.165) is 17.5 Å². The van der Waals surface area contributed by atoms with E-state index in [1.165, 1.54) is 0 Å². The van der Waals surface area contributed by atoms with Crippen molar-refractivity contribution in [2.75, 3.05) is 14.1 Å². The summed E-state index contributed by atoms with van der Waals surface area (Å²) >= 11 is 0. The lowest BCUT2D eigenvalue weighted by Crippen LogP contribution is -2.10. The maximum Gasteiger partial charge on any atom is 0.150 e. The molecule has 0 saturated heterocycles. The van der Waals surface area contributed by atoms with Crippen LogP contribution in [0.3, 0.4) is 0 Å². The molecule has 0 fully saturated rings. The SMILES string of the molecule is C=C(c1ccccc1C=O)N(C)C. The van der Waals surface area contributed by atoms with Gasteiger partial charge in [-0.15, -0.1) is 0 Å². The Hall–Kier alpha value is -1.57. The molecule has 0 aliphatic rings. The summed E-state index contributed by atoms with van der Waals surface area (Å²) in [6.07, 6.45) is 0.851. The largest absolute Gasteiger partial charge is 0.378 e. The lowest BCUT2D eigenvalue weighted by molar-refractivity contribution is 0.112. The van der Waals surface area contributed by atoms with Gasteiger partial charge in [0.15, 0.2) is 6.29 Å². The summed E-state index contributed by atoms with van der Waals surface area (Å²) in [6.45, 7) is 3.90. The lowest BCUT2D eigenvalue weighted by Gasteiger charge is -2.16. The van der Waals surface area contributed by atoms with Crippen LogP contribution in [-0.2, 0) is 0 Å². The molecular formula is C11H13NO. The van der Waals surface area contributed by atoms with Crippen molar-refractivity contribution in [1.82, 2.24) is 4.90 Å². The minimum absolute atomic E-state index is 0.682. The molecule has 13 heavy (non-hydrogen) atoms. The van der Waals surface area contributed by atoms with Crippen molar-refractivity contribution in [3.8, 4) is 0 Å². The van der Waals surface area contributed by atoms with Crippen LogP contribution in [0.5, 0.6) is 0 Å².